The third-order valence-electron chi connectivity index (χ3n) is 7.10. The maximum Gasteiger partial charge on any atom is 0.254 e. The summed E-state index contributed by atoms with van der Waals surface area (Å²) in [5.41, 5.74) is 10.5. The second kappa shape index (κ2) is 8.36. The van der Waals surface area contributed by atoms with Crippen LogP contribution in [0.15, 0.2) is 48.8 Å². The zero-order valence-corrected chi connectivity index (χ0v) is 19.4. The average Bonchev–Trinajstić information content (AvgIpc) is 3.48. The van der Waals surface area contributed by atoms with Crippen molar-refractivity contribution in [2.45, 2.75) is 44.7 Å². The van der Waals surface area contributed by atoms with Crippen LogP contribution in [0.5, 0.6) is 0 Å². The summed E-state index contributed by atoms with van der Waals surface area (Å²) in [7, 11) is 0. The van der Waals surface area contributed by atoms with Crippen molar-refractivity contribution in [2.75, 3.05) is 24.5 Å². The number of hydrogen-bond donors (Lipinski definition) is 1. The molecule has 0 radical (unpaired) electrons. The van der Waals surface area contributed by atoms with Crippen LogP contribution in [0.2, 0.25) is 0 Å². The van der Waals surface area contributed by atoms with E-state index in [9.17, 15) is 4.79 Å². The fourth-order valence-electron chi connectivity index (χ4n) is 5.34. The smallest absolute Gasteiger partial charge is 0.254 e. The SMILES string of the molecule is Cc1cn2nc([C@@H]3CCCCN3C(=O)c3ccc4ncccc4c3)cc2nc1N1CC[C@H](N)C1. The second-order valence-electron chi connectivity index (χ2n) is 9.54. The molecule has 4 aromatic rings. The topological polar surface area (TPSA) is 92.6 Å². The Balaban J connectivity index is 1.33. The Labute approximate surface area is 198 Å². The van der Waals surface area contributed by atoms with Crippen molar-refractivity contribution in [3.8, 4) is 0 Å². The Morgan fingerprint density at radius 1 is 1.12 bits per heavy atom. The molecule has 5 heterocycles. The quantitative estimate of drug-likeness (QED) is 0.508. The summed E-state index contributed by atoms with van der Waals surface area (Å²) in [4.78, 5) is 27.1. The maximum absolute atomic E-state index is 13.6. The van der Waals surface area contributed by atoms with Gasteiger partial charge in [0.1, 0.15) is 5.82 Å². The van der Waals surface area contributed by atoms with Gasteiger partial charge in [0.05, 0.1) is 17.3 Å². The minimum atomic E-state index is -0.0588. The molecule has 6 rings (SSSR count). The summed E-state index contributed by atoms with van der Waals surface area (Å²) in [5.74, 6) is 1.02. The van der Waals surface area contributed by atoms with Crippen LogP contribution in [0, 0.1) is 6.92 Å². The van der Waals surface area contributed by atoms with Gasteiger partial charge in [0, 0.05) is 60.6 Å². The average molecular weight is 456 g/mol. The number of nitrogens with zero attached hydrogens (tertiary/aromatic N) is 6. The molecule has 2 fully saturated rings. The molecular formula is C26H29N7O. The van der Waals surface area contributed by atoms with Crippen LogP contribution in [0.4, 0.5) is 5.82 Å². The standard InChI is InChI=1S/C26H29N7O/c1-17-15-33-24(29-25(17)31-12-9-20(27)16-31)14-22(30-33)23-6-2-3-11-32(23)26(34)19-7-8-21-18(13-19)5-4-10-28-21/h4-5,7-8,10,13-15,20,23H,2-3,6,9,11-12,16,27H2,1H3/t20-,23-/m0/s1. The molecule has 0 spiro atoms. The zero-order chi connectivity index (χ0) is 23.2. The molecule has 34 heavy (non-hydrogen) atoms. The first-order valence-electron chi connectivity index (χ1n) is 12.1. The molecule has 0 unspecified atom stereocenters. The van der Waals surface area contributed by atoms with E-state index in [4.69, 9.17) is 15.8 Å². The van der Waals surface area contributed by atoms with Crippen LogP contribution in [-0.4, -0.2) is 56.1 Å². The lowest BCUT2D eigenvalue weighted by Gasteiger charge is -2.34. The number of fused-ring (bicyclic) bond motifs is 2. The van der Waals surface area contributed by atoms with Crippen LogP contribution >= 0.6 is 0 Å². The summed E-state index contributed by atoms with van der Waals surface area (Å²) < 4.78 is 1.85. The number of carbonyl (C=O) groups is 1. The van der Waals surface area contributed by atoms with Gasteiger partial charge in [-0.1, -0.05) is 6.07 Å². The molecule has 2 aliphatic heterocycles. The summed E-state index contributed by atoms with van der Waals surface area (Å²) in [6.45, 7) is 4.55. The van der Waals surface area contributed by atoms with Gasteiger partial charge < -0.3 is 15.5 Å². The molecule has 0 aliphatic carbocycles. The van der Waals surface area contributed by atoms with Gasteiger partial charge in [-0.25, -0.2) is 9.50 Å². The summed E-state index contributed by atoms with van der Waals surface area (Å²) in [5, 5.41) is 5.84. The largest absolute Gasteiger partial charge is 0.355 e. The van der Waals surface area contributed by atoms with E-state index >= 15 is 0 Å². The van der Waals surface area contributed by atoms with Crippen molar-refractivity contribution in [1.82, 2.24) is 24.5 Å². The van der Waals surface area contributed by atoms with Gasteiger partial charge in [0.2, 0.25) is 0 Å². The van der Waals surface area contributed by atoms with Gasteiger partial charge in [-0.15, -0.1) is 0 Å². The van der Waals surface area contributed by atoms with Gasteiger partial charge in [0.25, 0.3) is 5.91 Å². The van der Waals surface area contributed by atoms with Crippen LogP contribution in [-0.2, 0) is 0 Å². The van der Waals surface area contributed by atoms with Crippen LogP contribution in [0.1, 0.15) is 53.3 Å². The molecular weight excluding hydrogens is 426 g/mol. The van der Waals surface area contributed by atoms with E-state index < -0.39 is 0 Å². The molecule has 1 aromatic carbocycles. The van der Waals surface area contributed by atoms with E-state index in [1.165, 1.54) is 0 Å². The van der Waals surface area contributed by atoms with E-state index in [-0.39, 0.29) is 18.0 Å². The number of carbonyl (C=O) groups excluding carboxylic acids is 1. The number of likely N-dealkylation sites (tertiary alicyclic amines) is 1. The van der Waals surface area contributed by atoms with E-state index in [1.807, 2.05) is 52.0 Å². The molecule has 0 bridgehead atoms. The van der Waals surface area contributed by atoms with E-state index in [1.54, 1.807) is 6.20 Å². The van der Waals surface area contributed by atoms with Gasteiger partial charge in [-0.2, -0.15) is 5.10 Å². The van der Waals surface area contributed by atoms with Gasteiger partial charge in [-0.3, -0.25) is 9.78 Å². The summed E-state index contributed by atoms with van der Waals surface area (Å²) in [6.07, 6.45) is 7.77. The molecule has 2 N–H and O–H groups in total. The first kappa shape index (κ1) is 21.0. The van der Waals surface area contributed by atoms with Crippen LogP contribution < -0.4 is 10.6 Å². The Bertz CT molecular complexity index is 1380. The predicted octanol–water partition coefficient (Wildman–Crippen LogP) is 3.49. The lowest BCUT2D eigenvalue weighted by atomic mass is 9.98. The zero-order valence-electron chi connectivity index (χ0n) is 19.4. The van der Waals surface area contributed by atoms with Gasteiger partial charge in [0.15, 0.2) is 5.65 Å². The fourth-order valence-corrected chi connectivity index (χ4v) is 5.34. The number of benzene rings is 1. The highest BCUT2D eigenvalue weighted by Gasteiger charge is 2.31. The number of nitrogens with two attached hydrogens (primary N) is 1. The number of hydrogen-bond acceptors (Lipinski definition) is 6. The van der Waals surface area contributed by atoms with Crippen molar-refractivity contribution < 1.29 is 4.79 Å². The van der Waals surface area contributed by atoms with Crippen molar-refractivity contribution in [2.24, 2.45) is 5.73 Å². The third-order valence-corrected chi connectivity index (χ3v) is 7.10. The number of piperidine rings is 1. The first-order chi connectivity index (χ1) is 16.6. The molecule has 8 nitrogen and oxygen atoms in total. The molecule has 174 valence electrons. The fraction of sp³-hybridized carbons (Fsp3) is 0.385. The monoisotopic (exact) mass is 455 g/mol. The molecule has 2 aliphatic rings. The number of aromatic nitrogens is 4. The minimum absolute atomic E-state index is 0.0448. The number of anilines is 1. The molecule has 2 atom stereocenters. The van der Waals surface area contributed by atoms with Gasteiger partial charge >= 0.3 is 0 Å². The van der Waals surface area contributed by atoms with E-state index in [0.29, 0.717) is 5.56 Å². The van der Waals surface area contributed by atoms with Crippen molar-refractivity contribution >= 4 is 28.3 Å². The Hall–Kier alpha value is -3.52. The Kier molecular flexibility index (Phi) is 5.17. The number of aryl methyl sites for hydroxylation is 1. The maximum atomic E-state index is 13.6. The number of pyridine rings is 1. The number of amides is 1. The highest BCUT2D eigenvalue weighted by Crippen LogP contribution is 2.33. The molecule has 0 saturated carbocycles. The molecule has 1 amide bonds. The van der Waals surface area contributed by atoms with Crippen molar-refractivity contribution in [3.05, 3.63) is 65.6 Å². The predicted molar refractivity (Wildman–Crippen MR) is 132 cm³/mol. The van der Waals surface area contributed by atoms with Crippen molar-refractivity contribution in [1.29, 1.82) is 0 Å². The minimum Gasteiger partial charge on any atom is -0.355 e. The molecule has 2 saturated heterocycles. The summed E-state index contributed by atoms with van der Waals surface area (Å²) >= 11 is 0. The lowest BCUT2D eigenvalue weighted by Crippen LogP contribution is -2.38. The Morgan fingerprint density at radius 2 is 2.03 bits per heavy atom. The Morgan fingerprint density at radius 3 is 2.88 bits per heavy atom. The highest BCUT2D eigenvalue weighted by atomic mass is 16.2. The third kappa shape index (κ3) is 3.68. The van der Waals surface area contributed by atoms with Gasteiger partial charge in [-0.05, 0) is 56.9 Å². The van der Waals surface area contributed by atoms with Crippen LogP contribution in [0.25, 0.3) is 16.6 Å². The lowest BCUT2D eigenvalue weighted by molar-refractivity contribution is 0.0606. The normalized spacial score (nSPS) is 21.0. The highest BCUT2D eigenvalue weighted by molar-refractivity contribution is 5.98. The molecule has 3 aromatic heterocycles. The molecule has 8 heteroatoms. The number of rotatable bonds is 3. The second-order valence-corrected chi connectivity index (χ2v) is 9.54. The van der Waals surface area contributed by atoms with E-state index in [0.717, 1.165) is 78.9 Å². The van der Waals surface area contributed by atoms with Crippen molar-refractivity contribution in [3.63, 3.8) is 0 Å². The van der Waals surface area contributed by atoms with Crippen LogP contribution in [0.3, 0.4) is 0 Å². The first-order valence-corrected chi connectivity index (χ1v) is 12.1. The summed E-state index contributed by atoms with van der Waals surface area (Å²) in [6, 6.07) is 11.8. The van der Waals surface area contributed by atoms with E-state index in [2.05, 4.69) is 16.8 Å².